The highest BCUT2D eigenvalue weighted by molar-refractivity contribution is 5.87. The third-order valence-corrected chi connectivity index (χ3v) is 14.1. The zero-order valence-corrected chi connectivity index (χ0v) is 25.5. The Kier molecular flexibility index (Phi) is 6.04. The molecule has 0 aromatic rings. The van der Waals surface area contributed by atoms with Crippen molar-refractivity contribution in [3.05, 3.63) is 11.6 Å². The van der Waals surface area contributed by atoms with Crippen LogP contribution in [-0.2, 0) is 14.3 Å². The number of ether oxygens (including phenoxy) is 2. The molecule has 10 heteroatoms. The summed E-state index contributed by atoms with van der Waals surface area (Å²) in [6.07, 6.45) is 2.30. The molecule has 7 fully saturated rings. The van der Waals surface area contributed by atoms with E-state index in [4.69, 9.17) is 9.47 Å². The van der Waals surface area contributed by atoms with Crippen LogP contribution in [-0.4, -0.2) is 107 Å². The van der Waals surface area contributed by atoms with E-state index < -0.39 is 75.1 Å². The van der Waals surface area contributed by atoms with Crippen molar-refractivity contribution in [2.75, 3.05) is 13.1 Å². The molecule has 7 rings (SSSR count). The van der Waals surface area contributed by atoms with E-state index in [-0.39, 0.29) is 25.4 Å². The Balaban J connectivity index is 1.32. The van der Waals surface area contributed by atoms with Crippen molar-refractivity contribution >= 4 is 5.97 Å². The highest BCUT2D eigenvalue weighted by Gasteiger charge is 2.88. The number of allylic oxidation sites excluding steroid dienone is 1. The van der Waals surface area contributed by atoms with Gasteiger partial charge < -0.3 is 40.1 Å². The molecule has 10 nitrogen and oxygen atoms in total. The van der Waals surface area contributed by atoms with Crippen LogP contribution in [0.2, 0.25) is 0 Å². The van der Waals surface area contributed by atoms with Gasteiger partial charge in [0.05, 0.1) is 11.7 Å². The van der Waals surface area contributed by atoms with Crippen LogP contribution in [0, 0.1) is 29.1 Å². The number of esters is 1. The molecule has 236 valence electrons. The number of fused-ring (bicyclic) bond motifs is 5. The zero-order chi connectivity index (χ0) is 30.5. The first kappa shape index (κ1) is 29.6. The number of piperidine rings is 2. The molecule has 4 saturated carbocycles. The second-order valence-electron chi connectivity index (χ2n) is 15.7. The van der Waals surface area contributed by atoms with Crippen LogP contribution in [0.1, 0.15) is 86.0 Å². The van der Waals surface area contributed by atoms with Crippen molar-refractivity contribution in [2.24, 2.45) is 29.1 Å². The first-order valence-corrected chi connectivity index (χ1v) is 16.0. The predicted molar refractivity (Wildman–Crippen MR) is 150 cm³/mol. The van der Waals surface area contributed by atoms with Gasteiger partial charge in [0.2, 0.25) is 5.79 Å². The van der Waals surface area contributed by atoms with Gasteiger partial charge >= 0.3 is 5.97 Å². The van der Waals surface area contributed by atoms with E-state index >= 15 is 0 Å². The predicted octanol–water partition coefficient (Wildman–Crippen LogP) is 0.991. The number of aliphatic hydroxyl groups is 6. The quantitative estimate of drug-likeness (QED) is 0.202. The van der Waals surface area contributed by atoms with Gasteiger partial charge in [-0.2, -0.15) is 0 Å². The van der Waals surface area contributed by atoms with E-state index in [9.17, 15) is 35.4 Å². The van der Waals surface area contributed by atoms with Gasteiger partial charge in [0.15, 0.2) is 6.10 Å². The van der Waals surface area contributed by atoms with Gasteiger partial charge in [-0.05, 0) is 65.2 Å². The molecule has 3 aliphatic heterocycles. The number of nitrogens with zero attached hydrogens (tertiary/aromatic N) is 1. The number of rotatable bonds is 2. The third kappa shape index (κ3) is 3.07. The first-order valence-electron chi connectivity index (χ1n) is 16.0. The summed E-state index contributed by atoms with van der Waals surface area (Å²) in [5.74, 6) is -4.05. The van der Waals surface area contributed by atoms with Crippen LogP contribution in [0.25, 0.3) is 0 Å². The molecular weight excluding hydrogens is 542 g/mol. The molecule has 7 aliphatic rings. The maximum atomic E-state index is 12.9. The van der Waals surface area contributed by atoms with E-state index in [0.29, 0.717) is 50.1 Å². The summed E-state index contributed by atoms with van der Waals surface area (Å²) >= 11 is 0. The Morgan fingerprint density at radius 1 is 0.952 bits per heavy atom. The number of aliphatic hydroxyl groups excluding tert-OH is 1. The van der Waals surface area contributed by atoms with Gasteiger partial charge in [0.25, 0.3) is 0 Å². The van der Waals surface area contributed by atoms with Crippen LogP contribution < -0.4 is 0 Å². The Bertz CT molecular complexity index is 1220. The van der Waals surface area contributed by atoms with Crippen LogP contribution >= 0.6 is 0 Å². The molecular formula is C32H49NO9. The molecule has 0 amide bonds. The van der Waals surface area contributed by atoms with Gasteiger partial charge in [0.1, 0.15) is 22.4 Å². The molecule has 3 heterocycles. The molecule has 14 atom stereocenters. The van der Waals surface area contributed by atoms with E-state index in [2.05, 4.69) is 11.8 Å². The molecule has 3 saturated heterocycles. The van der Waals surface area contributed by atoms with E-state index in [0.717, 1.165) is 6.42 Å². The number of hydrogen-bond acceptors (Lipinski definition) is 10. The number of carbonyl (C=O) groups is 1. The summed E-state index contributed by atoms with van der Waals surface area (Å²) in [6.45, 7) is 10.1. The molecule has 4 bridgehead atoms. The topological polar surface area (TPSA) is 160 Å². The summed E-state index contributed by atoms with van der Waals surface area (Å²) < 4.78 is 12.6. The maximum absolute atomic E-state index is 12.9. The van der Waals surface area contributed by atoms with Gasteiger partial charge in [-0.15, -0.1) is 0 Å². The summed E-state index contributed by atoms with van der Waals surface area (Å²) in [4.78, 5) is 14.9. The summed E-state index contributed by atoms with van der Waals surface area (Å²) in [5, 5.41) is 73.9. The fourth-order valence-electron chi connectivity index (χ4n) is 11.8. The fraction of sp³-hybridized carbons (Fsp3) is 0.906. The smallest absolute Gasteiger partial charge is 0.333 e. The standard InChI is InChI=1S/C32H49NO9/c1-6-18(3)25(35)41-24-11-12-26(4)19-8-9-20-28(37)13-23(34)31(39)21(29(28,38)16-30(20,26)42-32(19,24)40)15-33-14-17(2)7-10-22(33)27(31,5)36/h6,17,19-24,34,36-40H,7-16H2,1-5H3/b18-6-/t17-,19-,20-,21-,22-,23-,24-,26-,27+,28+,29+,30+,31-,32-/m1/s1. The Morgan fingerprint density at radius 2 is 1.64 bits per heavy atom. The molecule has 0 radical (unpaired) electrons. The highest BCUT2D eigenvalue weighted by Crippen LogP contribution is 2.78. The van der Waals surface area contributed by atoms with Crippen LogP contribution in [0.15, 0.2) is 11.6 Å². The lowest BCUT2D eigenvalue weighted by Gasteiger charge is -2.68. The first-order chi connectivity index (χ1) is 19.5. The van der Waals surface area contributed by atoms with E-state index in [1.807, 2.05) is 6.92 Å². The van der Waals surface area contributed by atoms with Gasteiger partial charge in [-0.3, -0.25) is 4.90 Å². The molecule has 1 spiro atoms. The van der Waals surface area contributed by atoms with Gasteiger partial charge in [0, 0.05) is 60.7 Å². The van der Waals surface area contributed by atoms with Crippen molar-refractivity contribution in [1.29, 1.82) is 0 Å². The largest absolute Gasteiger partial charge is 0.453 e. The number of hydrogen-bond donors (Lipinski definition) is 6. The van der Waals surface area contributed by atoms with Crippen LogP contribution in [0.3, 0.4) is 0 Å². The maximum Gasteiger partial charge on any atom is 0.333 e. The van der Waals surface area contributed by atoms with Gasteiger partial charge in [-0.25, -0.2) is 4.79 Å². The molecule has 0 unspecified atom stereocenters. The lowest BCUT2D eigenvalue weighted by molar-refractivity contribution is -0.354. The summed E-state index contributed by atoms with van der Waals surface area (Å²) in [7, 11) is 0. The van der Waals surface area contributed by atoms with Crippen molar-refractivity contribution in [3.8, 4) is 0 Å². The zero-order valence-electron chi connectivity index (χ0n) is 25.5. The lowest BCUT2D eigenvalue weighted by Crippen LogP contribution is -2.85. The van der Waals surface area contributed by atoms with Crippen molar-refractivity contribution < 1.29 is 44.9 Å². The number of carbonyl (C=O) groups excluding carboxylic acids is 1. The summed E-state index contributed by atoms with van der Waals surface area (Å²) in [5.41, 5.74) is -8.96. The molecule has 42 heavy (non-hydrogen) atoms. The van der Waals surface area contributed by atoms with E-state index in [1.54, 1.807) is 26.8 Å². The molecule has 4 aliphatic carbocycles. The Hall–Kier alpha value is -1.11. The molecule has 6 N–H and O–H groups in total. The average molecular weight is 592 g/mol. The van der Waals surface area contributed by atoms with Crippen molar-refractivity contribution in [3.63, 3.8) is 0 Å². The molecule has 0 aromatic heterocycles. The van der Waals surface area contributed by atoms with Crippen LogP contribution in [0.5, 0.6) is 0 Å². The normalized spacial score (nSPS) is 60.3. The minimum absolute atomic E-state index is 0.0606. The SMILES string of the molecule is C/C=C(/C)C(=O)O[C@@H]1CC[C@]2(C)[C@H]3CC[C@H]4[C@]2(C[C@]2(O)[C@H]5CN6C[C@H](C)CC[C@@H]6[C@](C)(O)[C@]5(O)[C@H](O)C[C@]42O)O[C@@]13O. The monoisotopic (exact) mass is 591 g/mol. The van der Waals surface area contributed by atoms with Crippen LogP contribution in [0.4, 0.5) is 0 Å². The second kappa shape index (κ2) is 8.57. The minimum atomic E-state index is -2.06. The fourth-order valence-corrected chi connectivity index (χ4v) is 11.8. The highest BCUT2D eigenvalue weighted by atomic mass is 16.7. The minimum Gasteiger partial charge on any atom is -0.453 e. The average Bonchev–Trinajstić information content (AvgIpc) is 3.09. The van der Waals surface area contributed by atoms with Crippen molar-refractivity contribution in [2.45, 2.75) is 138 Å². The Labute approximate surface area is 247 Å². The van der Waals surface area contributed by atoms with Gasteiger partial charge in [-0.1, -0.05) is 19.9 Å². The second-order valence-corrected chi connectivity index (χ2v) is 15.7. The Morgan fingerprint density at radius 3 is 2.33 bits per heavy atom. The third-order valence-electron chi connectivity index (χ3n) is 14.1. The van der Waals surface area contributed by atoms with E-state index in [1.165, 1.54) is 0 Å². The lowest BCUT2D eigenvalue weighted by atomic mass is 9.49. The molecule has 0 aromatic carbocycles. The van der Waals surface area contributed by atoms with Crippen molar-refractivity contribution in [1.82, 2.24) is 4.90 Å². The summed E-state index contributed by atoms with van der Waals surface area (Å²) in [6, 6.07) is -0.387.